The van der Waals surface area contributed by atoms with Gasteiger partial charge in [-0.2, -0.15) is 0 Å². The number of aryl methyl sites for hydroxylation is 2. The predicted octanol–water partition coefficient (Wildman–Crippen LogP) is 3.31. The monoisotopic (exact) mass is 319 g/mol. The van der Waals surface area contributed by atoms with Gasteiger partial charge in [-0.15, -0.1) is 11.3 Å². The lowest BCUT2D eigenvalue weighted by Gasteiger charge is -2.04. The highest BCUT2D eigenvalue weighted by Gasteiger charge is 2.22. The van der Waals surface area contributed by atoms with Crippen molar-refractivity contribution in [3.8, 4) is 0 Å². The van der Waals surface area contributed by atoms with E-state index in [1.54, 1.807) is 6.07 Å². The van der Waals surface area contributed by atoms with E-state index in [1.807, 2.05) is 13.8 Å². The van der Waals surface area contributed by atoms with Crippen molar-refractivity contribution in [1.82, 2.24) is 0 Å². The zero-order chi connectivity index (χ0) is 16.3. The molecule has 0 aliphatic carbocycles. The molecule has 0 aliphatic rings. The second-order valence-electron chi connectivity index (χ2n) is 4.60. The number of thiophene rings is 1. The molecule has 0 amide bonds. The number of carbonyl (C=O) groups excluding carboxylic acids is 2. The molecule has 1 heterocycles. The molecule has 0 atom stereocenters. The Morgan fingerprint density at radius 2 is 1.91 bits per heavy atom. The molecule has 0 N–H and O–H groups in total. The van der Waals surface area contributed by atoms with Crippen LogP contribution in [0.5, 0.6) is 0 Å². The van der Waals surface area contributed by atoms with E-state index in [-0.39, 0.29) is 17.0 Å². The van der Waals surface area contributed by atoms with E-state index in [1.165, 1.54) is 35.6 Å². The van der Waals surface area contributed by atoms with E-state index in [4.69, 9.17) is 4.74 Å². The smallest absolute Gasteiger partial charge is 0.345 e. The molecular formula is C15H13NO5S. The molecule has 6 nitrogen and oxygen atoms in total. The molecule has 1 aromatic heterocycles. The number of benzene rings is 1. The third-order valence-electron chi connectivity index (χ3n) is 3.00. The summed E-state index contributed by atoms with van der Waals surface area (Å²) < 4.78 is 4.91. The molecule has 0 fully saturated rings. The molecule has 0 radical (unpaired) electrons. The number of para-hydroxylation sites is 1. The maximum atomic E-state index is 12.0. The number of nitro groups is 1. The number of carbonyl (C=O) groups is 2. The Balaban J connectivity index is 2.09. The Morgan fingerprint density at radius 1 is 1.23 bits per heavy atom. The third-order valence-corrected chi connectivity index (χ3v) is 3.96. The number of rotatable bonds is 5. The SMILES string of the molecule is Cc1cc(C(=O)COC(=O)c2ccccc2[N+](=O)[O-])c(C)s1. The van der Waals surface area contributed by atoms with Crippen LogP contribution in [0.2, 0.25) is 0 Å². The standard InChI is InChI=1S/C15H13NO5S/c1-9-7-12(10(2)22-9)14(17)8-21-15(18)11-5-3-4-6-13(11)16(19)20/h3-7H,8H2,1-2H3. The fourth-order valence-corrected chi connectivity index (χ4v) is 2.94. The van der Waals surface area contributed by atoms with Gasteiger partial charge >= 0.3 is 5.97 Å². The van der Waals surface area contributed by atoms with Crippen LogP contribution in [0.3, 0.4) is 0 Å². The van der Waals surface area contributed by atoms with Crippen LogP contribution >= 0.6 is 11.3 Å². The highest BCUT2D eigenvalue weighted by atomic mass is 32.1. The second kappa shape index (κ2) is 6.48. The Kier molecular flexibility index (Phi) is 4.67. The first-order chi connectivity index (χ1) is 10.4. The molecular weight excluding hydrogens is 306 g/mol. The van der Waals surface area contributed by atoms with Gasteiger partial charge in [0.1, 0.15) is 5.56 Å². The molecule has 114 valence electrons. The molecule has 2 aromatic rings. The highest BCUT2D eigenvalue weighted by molar-refractivity contribution is 7.12. The molecule has 0 saturated heterocycles. The van der Waals surface area contributed by atoms with Crippen molar-refractivity contribution in [2.24, 2.45) is 0 Å². The molecule has 0 bridgehead atoms. The molecule has 0 saturated carbocycles. The summed E-state index contributed by atoms with van der Waals surface area (Å²) in [6.45, 7) is 3.25. The lowest BCUT2D eigenvalue weighted by Crippen LogP contribution is -2.15. The van der Waals surface area contributed by atoms with Crippen molar-refractivity contribution in [3.05, 3.63) is 61.3 Å². The number of hydrogen-bond donors (Lipinski definition) is 0. The van der Waals surface area contributed by atoms with Gasteiger partial charge in [-0.25, -0.2) is 4.79 Å². The summed E-state index contributed by atoms with van der Waals surface area (Å²) in [5.74, 6) is -1.21. The van der Waals surface area contributed by atoms with Crippen molar-refractivity contribution in [2.75, 3.05) is 6.61 Å². The maximum Gasteiger partial charge on any atom is 0.345 e. The van der Waals surface area contributed by atoms with Crippen molar-refractivity contribution in [3.63, 3.8) is 0 Å². The van der Waals surface area contributed by atoms with Gasteiger partial charge in [0.2, 0.25) is 5.78 Å². The fourth-order valence-electron chi connectivity index (χ4n) is 2.00. The zero-order valence-electron chi connectivity index (χ0n) is 12.0. The lowest BCUT2D eigenvalue weighted by molar-refractivity contribution is -0.385. The maximum absolute atomic E-state index is 12.0. The number of Topliss-reactive ketones (excluding diaryl/α,β-unsaturated/α-hetero) is 1. The van der Waals surface area contributed by atoms with Gasteiger partial charge in [-0.3, -0.25) is 14.9 Å². The summed E-state index contributed by atoms with van der Waals surface area (Å²) in [6, 6.07) is 7.20. The van der Waals surface area contributed by atoms with Gasteiger partial charge < -0.3 is 4.74 Å². The van der Waals surface area contributed by atoms with E-state index in [2.05, 4.69) is 0 Å². The summed E-state index contributed by atoms with van der Waals surface area (Å²) in [5, 5.41) is 10.9. The number of esters is 1. The fraction of sp³-hybridized carbons (Fsp3) is 0.200. The van der Waals surface area contributed by atoms with Crippen molar-refractivity contribution < 1.29 is 19.2 Å². The number of ketones is 1. The Morgan fingerprint density at radius 3 is 2.50 bits per heavy atom. The van der Waals surface area contributed by atoms with Gasteiger partial charge in [-0.1, -0.05) is 12.1 Å². The first-order valence-corrected chi connectivity index (χ1v) is 7.22. The summed E-state index contributed by atoms with van der Waals surface area (Å²) in [7, 11) is 0. The molecule has 0 spiro atoms. The Hall–Kier alpha value is -2.54. The van der Waals surface area contributed by atoms with Crippen LogP contribution in [0.15, 0.2) is 30.3 Å². The topological polar surface area (TPSA) is 86.5 Å². The van der Waals surface area contributed by atoms with Crippen LogP contribution in [0.1, 0.15) is 30.5 Å². The van der Waals surface area contributed by atoms with E-state index in [0.29, 0.717) is 5.56 Å². The van der Waals surface area contributed by atoms with Gasteiger partial charge in [0, 0.05) is 21.4 Å². The summed E-state index contributed by atoms with van der Waals surface area (Å²) in [4.78, 5) is 36.0. The number of ether oxygens (including phenoxy) is 1. The average Bonchev–Trinajstić information content (AvgIpc) is 2.83. The number of nitrogens with zero attached hydrogens (tertiary/aromatic N) is 1. The lowest BCUT2D eigenvalue weighted by atomic mass is 10.1. The van der Waals surface area contributed by atoms with Gasteiger partial charge in [0.15, 0.2) is 6.61 Å². The minimum Gasteiger partial charge on any atom is -0.454 e. The van der Waals surface area contributed by atoms with Gasteiger partial charge in [0.25, 0.3) is 5.69 Å². The normalized spacial score (nSPS) is 10.3. The molecule has 0 unspecified atom stereocenters. The van der Waals surface area contributed by atoms with Gasteiger partial charge in [0.05, 0.1) is 4.92 Å². The van der Waals surface area contributed by atoms with Crippen LogP contribution in [-0.2, 0) is 4.74 Å². The Bertz CT molecular complexity index is 750. The number of nitro benzene ring substituents is 1. The van der Waals surface area contributed by atoms with Crippen molar-refractivity contribution in [1.29, 1.82) is 0 Å². The quantitative estimate of drug-likeness (QED) is 0.365. The van der Waals surface area contributed by atoms with Crippen LogP contribution in [0.25, 0.3) is 0 Å². The molecule has 22 heavy (non-hydrogen) atoms. The van der Waals surface area contributed by atoms with Crippen LogP contribution in [0.4, 0.5) is 5.69 Å². The first-order valence-electron chi connectivity index (χ1n) is 6.41. The zero-order valence-corrected chi connectivity index (χ0v) is 12.8. The molecule has 0 aliphatic heterocycles. The van der Waals surface area contributed by atoms with E-state index in [9.17, 15) is 19.7 Å². The molecule has 1 aromatic carbocycles. The predicted molar refractivity (Wildman–Crippen MR) is 81.5 cm³/mol. The Labute approximate surface area is 130 Å². The summed E-state index contributed by atoms with van der Waals surface area (Å²) in [6.07, 6.45) is 0. The van der Waals surface area contributed by atoms with E-state index < -0.39 is 17.5 Å². The van der Waals surface area contributed by atoms with E-state index >= 15 is 0 Å². The summed E-state index contributed by atoms with van der Waals surface area (Å²) in [5.41, 5.74) is -0.00103. The van der Waals surface area contributed by atoms with Gasteiger partial charge in [-0.05, 0) is 26.0 Å². The molecule has 7 heteroatoms. The van der Waals surface area contributed by atoms with Crippen LogP contribution in [-0.4, -0.2) is 23.3 Å². The van der Waals surface area contributed by atoms with Crippen molar-refractivity contribution >= 4 is 28.8 Å². The van der Waals surface area contributed by atoms with E-state index in [0.717, 1.165) is 9.75 Å². The second-order valence-corrected chi connectivity index (χ2v) is 6.06. The highest BCUT2D eigenvalue weighted by Crippen LogP contribution is 2.22. The average molecular weight is 319 g/mol. The van der Waals surface area contributed by atoms with Crippen LogP contribution in [0, 0.1) is 24.0 Å². The largest absolute Gasteiger partial charge is 0.454 e. The van der Waals surface area contributed by atoms with Crippen molar-refractivity contribution in [2.45, 2.75) is 13.8 Å². The molecule has 2 rings (SSSR count). The first kappa shape index (κ1) is 15.8. The summed E-state index contributed by atoms with van der Waals surface area (Å²) >= 11 is 1.48. The van der Waals surface area contributed by atoms with Crippen LogP contribution < -0.4 is 0 Å². The minimum atomic E-state index is -0.884. The number of hydrogen-bond acceptors (Lipinski definition) is 6. The minimum absolute atomic E-state index is 0.168. The third kappa shape index (κ3) is 3.37.